The molecule has 7 rings (SSSR count). The van der Waals surface area contributed by atoms with Crippen LogP contribution in [0.25, 0.3) is 33.4 Å². The number of pyridine rings is 1. The van der Waals surface area contributed by atoms with Crippen LogP contribution in [0.15, 0.2) is 97.3 Å². The molecule has 0 unspecified atom stereocenters. The number of aromatic nitrogens is 4. The average molecular weight is 615 g/mol. The van der Waals surface area contributed by atoms with E-state index in [1.54, 1.807) is 25.4 Å². The number of halogens is 1. The van der Waals surface area contributed by atoms with Crippen LogP contribution in [0.1, 0.15) is 41.2 Å². The van der Waals surface area contributed by atoms with E-state index < -0.39 is 11.4 Å². The lowest BCUT2D eigenvalue weighted by Crippen LogP contribution is -2.33. The molecule has 1 aliphatic heterocycles. The molecule has 232 valence electrons. The molecule has 1 aliphatic rings. The summed E-state index contributed by atoms with van der Waals surface area (Å²) in [6, 6.07) is 27.5. The first-order valence-electron chi connectivity index (χ1n) is 15.4. The Bertz CT molecular complexity index is 1990. The molecule has 4 heterocycles. The lowest BCUT2D eigenvalue weighted by Gasteiger charge is -2.30. The summed E-state index contributed by atoms with van der Waals surface area (Å²) in [6.07, 6.45) is 3.49. The molecule has 0 radical (unpaired) electrons. The van der Waals surface area contributed by atoms with E-state index in [2.05, 4.69) is 39.5 Å². The second-order valence-electron chi connectivity index (χ2n) is 12.0. The number of ether oxygens (including phenoxy) is 1. The topological polar surface area (TPSA) is 88.1 Å². The largest absolute Gasteiger partial charge is 0.366 e. The van der Waals surface area contributed by atoms with Crippen LogP contribution >= 0.6 is 0 Å². The normalized spacial score (nSPS) is 13.8. The van der Waals surface area contributed by atoms with Crippen molar-refractivity contribution < 1.29 is 13.9 Å². The molecule has 0 aliphatic carbocycles. The van der Waals surface area contributed by atoms with Crippen molar-refractivity contribution in [3.63, 3.8) is 0 Å². The Balaban J connectivity index is 1.36. The predicted molar refractivity (Wildman–Crippen MR) is 178 cm³/mol. The van der Waals surface area contributed by atoms with E-state index in [1.165, 1.54) is 0 Å². The van der Waals surface area contributed by atoms with Gasteiger partial charge < -0.3 is 24.5 Å². The van der Waals surface area contributed by atoms with Crippen LogP contribution in [0, 0.1) is 5.82 Å². The fourth-order valence-electron chi connectivity index (χ4n) is 6.22. The fourth-order valence-corrected chi connectivity index (χ4v) is 6.22. The van der Waals surface area contributed by atoms with Gasteiger partial charge in [0, 0.05) is 61.3 Å². The third kappa shape index (κ3) is 5.43. The smallest absolute Gasteiger partial charge is 0.253 e. The minimum absolute atomic E-state index is 0.269. The number of carbonyl (C=O) groups excluding carboxylic acids is 1. The van der Waals surface area contributed by atoms with Crippen LogP contribution in [0.2, 0.25) is 0 Å². The molecule has 0 bridgehead atoms. The van der Waals surface area contributed by atoms with E-state index in [9.17, 15) is 4.79 Å². The van der Waals surface area contributed by atoms with Crippen LogP contribution < -0.4 is 10.2 Å². The quantitative estimate of drug-likeness (QED) is 0.192. The number of benzene rings is 3. The number of hydrogen-bond acceptors (Lipinski definition) is 5. The minimum Gasteiger partial charge on any atom is -0.366 e. The highest BCUT2D eigenvalue weighted by molar-refractivity contribution is 6.09. The number of rotatable bonds is 8. The summed E-state index contributed by atoms with van der Waals surface area (Å²) < 4.78 is 24.4. The summed E-state index contributed by atoms with van der Waals surface area (Å²) in [5.41, 5.74) is 4.60. The number of imidazole rings is 1. The van der Waals surface area contributed by atoms with Crippen molar-refractivity contribution in [1.29, 1.82) is 0 Å². The van der Waals surface area contributed by atoms with Gasteiger partial charge in [-0.25, -0.2) is 14.4 Å². The number of H-pyrrole nitrogens is 1. The molecular weight excluding hydrogens is 579 g/mol. The number of amides is 1. The van der Waals surface area contributed by atoms with E-state index in [4.69, 9.17) is 14.7 Å². The van der Waals surface area contributed by atoms with Crippen molar-refractivity contribution >= 4 is 22.6 Å². The first-order valence-corrected chi connectivity index (χ1v) is 15.4. The van der Waals surface area contributed by atoms with Gasteiger partial charge in [0.2, 0.25) is 0 Å². The summed E-state index contributed by atoms with van der Waals surface area (Å²) in [4.78, 5) is 28.3. The van der Waals surface area contributed by atoms with Crippen molar-refractivity contribution in [2.45, 2.75) is 39.1 Å². The minimum atomic E-state index is -0.563. The average Bonchev–Trinajstić information content (AvgIpc) is 3.71. The zero-order chi connectivity index (χ0) is 31.8. The van der Waals surface area contributed by atoms with Crippen LogP contribution in [0.5, 0.6) is 0 Å². The van der Waals surface area contributed by atoms with Crippen molar-refractivity contribution in [3.05, 3.63) is 126 Å². The van der Waals surface area contributed by atoms with Gasteiger partial charge in [0.1, 0.15) is 17.2 Å². The van der Waals surface area contributed by atoms with Crippen LogP contribution in [-0.2, 0) is 30.0 Å². The number of hydrogen-bond donors (Lipinski definition) is 2. The van der Waals surface area contributed by atoms with Gasteiger partial charge in [-0.3, -0.25) is 4.79 Å². The number of nitrogens with one attached hydrogen (secondary N) is 2. The number of fused-ring (bicyclic) bond motifs is 2. The Labute approximate surface area is 266 Å². The molecule has 0 saturated carbocycles. The molecule has 1 amide bonds. The Hall–Kier alpha value is -5.28. The third-order valence-electron chi connectivity index (χ3n) is 8.53. The van der Waals surface area contributed by atoms with E-state index in [1.807, 2.05) is 73.1 Å². The zero-order valence-corrected chi connectivity index (χ0v) is 26.0. The van der Waals surface area contributed by atoms with Gasteiger partial charge in [0.15, 0.2) is 5.82 Å². The Kier molecular flexibility index (Phi) is 7.62. The van der Waals surface area contributed by atoms with Crippen LogP contribution in [0.4, 0.5) is 10.2 Å². The molecule has 46 heavy (non-hydrogen) atoms. The van der Waals surface area contributed by atoms with Crippen molar-refractivity contribution in [2.24, 2.45) is 0 Å². The van der Waals surface area contributed by atoms with E-state index >= 15 is 4.39 Å². The molecule has 9 heteroatoms. The van der Waals surface area contributed by atoms with Gasteiger partial charge in [0.05, 0.1) is 23.4 Å². The molecule has 0 fully saturated rings. The van der Waals surface area contributed by atoms with Crippen LogP contribution in [0.3, 0.4) is 0 Å². The molecule has 3 aromatic carbocycles. The van der Waals surface area contributed by atoms with E-state index in [0.717, 1.165) is 17.0 Å². The second-order valence-corrected chi connectivity index (χ2v) is 12.0. The molecular formula is C37H35FN6O2. The van der Waals surface area contributed by atoms with Gasteiger partial charge in [-0.1, -0.05) is 66.7 Å². The van der Waals surface area contributed by atoms with E-state index in [-0.39, 0.29) is 5.91 Å². The first kappa shape index (κ1) is 29.4. The molecule has 2 N–H and O–H groups in total. The summed E-state index contributed by atoms with van der Waals surface area (Å²) in [5.74, 6) is 0.772. The zero-order valence-electron chi connectivity index (χ0n) is 26.0. The summed E-state index contributed by atoms with van der Waals surface area (Å²) >= 11 is 0. The van der Waals surface area contributed by atoms with Gasteiger partial charge in [-0.2, -0.15) is 0 Å². The first-order chi connectivity index (χ1) is 22.3. The number of aromatic amines is 1. The summed E-state index contributed by atoms with van der Waals surface area (Å²) in [7, 11) is 1.59. The Morgan fingerprint density at radius 2 is 1.67 bits per heavy atom. The summed E-state index contributed by atoms with van der Waals surface area (Å²) in [6.45, 7) is 6.35. The molecule has 3 aromatic heterocycles. The molecule has 6 aromatic rings. The molecule has 0 spiro atoms. The highest BCUT2D eigenvalue weighted by atomic mass is 19.1. The molecule has 0 saturated heterocycles. The maximum atomic E-state index is 16.5. The fraction of sp³-hybridized carbons (Fsp3) is 0.216. The number of carbonyl (C=O) groups is 1. The highest BCUT2D eigenvalue weighted by Gasteiger charge is 2.32. The number of anilines is 1. The summed E-state index contributed by atoms with van der Waals surface area (Å²) in [5, 5.41) is 3.38. The van der Waals surface area contributed by atoms with Crippen molar-refractivity contribution in [2.75, 3.05) is 18.6 Å². The number of nitrogens with zero attached hydrogens (tertiary/aromatic N) is 4. The monoisotopic (exact) mass is 614 g/mol. The van der Waals surface area contributed by atoms with Gasteiger partial charge >= 0.3 is 0 Å². The van der Waals surface area contributed by atoms with Crippen molar-refractivity contribution in [3.8, 4) is 22.5 Å². The predicted octanol–water partition coefficient (Wildman–Crippen LogP) is 7.06. The van der Waals surface area contributed by atoms with Gasteiger partial charge in [-0.15, -0.1) is 0 Å². The Morgan fingerprint density at radius 1 is 1.00 bits per heavy atom. The van der Waals surface area contributed by atoms with Crippen molar-refractivity contribution in [1.82, 2.24) is 24.8 Å². The van der Waals surface area contributed by atoms with Crippen LogP contribution in [-0.4, -0.2) is 39.1 Å². The molecule has 0 atom stereocenters. The molecule has 8 nitrogen and oxygen atoms in total. The maximum absolute atomic E-state index is 16.5. The lowest BCUT2D eigenvalue weighted by molar-refractivity contribution is -0.0538. The van der Waals surface area contributed by atoms with Gasteiger partial charge in [-0.05, 0) is 43.2 Å². The highest BCUT2D eigenvalue weighted by Crippen LogP contribution is 2.37. The third-order valence-corrected chi connectivity index (χ3v) is 8.53. The SMILES string of the molecule is CNC(=O)c1cnc(N(Cc2ccccc2)Cc2ccccc2)c2[nH]c(-c3cccc(-c4cn5c(n4)C(C)(C)OCC5)c3F)cc12. The van der Waals surface area contributed by atoms with Gasteiger partial charge in [0.25, 0.3) is 5.91 Å². The second kappa shape index (κ2) is 11.9. The Morgan fingerprint density at radius 3 is 2.33 bits per heavy atom. The van der Waals surface area contributed by atoms with E-state index in [0.29, 0.717) is 71.0 Å². The standard InChI is InChI=1S/C37H35FN6O2/c1-37(2)36-42-31(23-43(36)17-18-46-37)27-16-10-15-26(32(27)38)30-19-28-29(35(45)39-3)20-40-34(33(28)41-30)44(21-24-11-6-4-7-12-24)22-25-13-8-5-9-14-25/h4-16,19-20,23,41H,17-18,21-22H2,1-3H3,(H,39,45). The maximum Gasteiger partial charge on any atom is 0.253 e. The lowest BCUT2D eigenvalue weighted by atomic mass is 10.0.